The number of allylic oxidation sites excluding steroid dienone is 1. The van der Waals surface area contributed by atoms with Gasteiger partial charge in [-0.1, -0.05) is 6.08 Å². The Morgan fingerprint density at radius 2 is 2.40 bits per heavy atom. The van der Waals surface area contributed by atoms with Gasteiger partial charge in [-0.2, -0.15) is 5.10 Å². The van der Waals surface area contributed by atoms with E-state index in [1.165, 1.54) is 0 Å². The predicted octanol–water partition coefficient (Wildman–Crippen LogP) is 1.26. The first-order chi connectivity index (χ1) is 7.18. The van der Waals surface area contributed by atoms with Gasteiger partial charge in [0, 0.05) is 22.9 Å². The Morgan fingerprint density at radius 1 is 1.60 bits per heavy atom. The molecule has 15 heavy (non-hydrogen) atoms. The summed E-state index contributed by atoms with van der Waals surface area (Å²) in [6, 6.07) is 0.163. The van der Waals surface area contributed by atoms with E-state index in [9.17, 15) is 4.79 Å². The number of carbonyl (C=O) groups is 1. The van der Waals surface area contributed by atoms with Crippen molar-refractivity contribution in [3.63, 3.8) is 0 Å². The largest absolute Gasteiger partial charge is 0.350 e. The van der Waals surface area contributed by atoms with Crippen LogP contribution < -0.4 is 5.32 Å². The summed E-state index contributed by atoms with van der Waals surface area (Å²) in [7, 11) is 0. The van der Waals surface area contributed by atoms with Crippen LogP contribution in [0, 0.1) is 0 Å². The fourth-order valence-electron chi connectivity index (χ4n) is 1.76. The van der Waals surface area contributed by atoms with Crippen LogP contribution in [0.4, 0.5) is 0 Å². The summed E-state index contributed by atoms with van der Waals surface area (Å²) in [5.74, 6) is -0.00708. The molecule has 4 heteroatoms. The number of hydrogen-bond donors (Lipinski definition) is 2. The molecule has 1 aromatic heterocycles. The van der Waals surface area contributed by atoms with Crippen molar-refractivity contribution < 1.29 is 4.79 Å². The quantitative estimate of drug-likeness (QED) is 0.763. The Kier molecular flexibility index (Phi) is 2.58. The maximum atomic E-state index is 11.8. The molecule has 2 rings (SSSR count). The Bertz CT molecular complexity index is 404. The van der Waals surface area contributed by atoms with Crippen LogP contribution in [0.3, 0.4) is 0 Å². The molecule has 1 aliphatic carbocycles. The number of nitrogens with one attached hydrogen (secondary N) is 2. The number of aromatic amines is 1. The molecule has 0 saturated heterocycles. The number of amides is 1. The molecule has 0 atom stereocenters. The van der Waals surface area contributed by atoms with Crippen molar-refractivity contribution in [3.8, 4) is 0 Å². The van der Waals surface area contributed by atoms with Crippen molar-refractivity contribution in [2.75, 3.05) is 0 Å². The maximum Gasteiger partial charge on any atom is 0.251 e. The van der Waals surface area contributed by atoms with Gasteiger partial charge in [-0.3, -0.25) is 9.89 Å². The van der Waals surface area contributed by atoms with Gasteiger partial charge >= 0.3 is 0 Å². The molecule has 0 fully saturated rings. The van der Waals surface area contributed by atoms with Gasteiger partial charge in [0.25, 0.3) is 5.91 Å². The van der Waals surface area contributed by atoms with E-state index in [1.807, 2.05) is 19.9 Å². The summed E-state index contributed by atoms with van der Waals surface area (Å²) in [5, 5.41) is 9.79. The van der Waals surface area contributed by atoms with Gasteiger partial charge in [-0.05, 0) is 26.7 Å². The van der Waals surface area contributed by atoms with Crippen LogP contribution in [0.15, 0.2) is 12.3 Å². The number of hydrogen-bond acceptors (Lipinski definition) is 2. The zero-order valence-corrected chi connectivity index (χ0v) is 9.00. The molecule has 0 aliphatic heterocycles. The summed E-state index contributed by atoms with van der Waals surface area (Å²) < 4.78 is 0. The highest BCUT2D eigenvalue weighted by Crippen LogP contribution is 2.24. The summed E-state index contributed by atoms with van der Waals surface area (Å²) in [6.45, 7) is 3.91. The molecule has 0 radical (unpaired) electrons. The second-order valence-electron chi connectivity index (χ2n) is 4.05. The summed E-state index contributed by atoms with van der Waals surface area (Å²) in [5.41, 5.74) is 2.75. The molecule has 1 amide bonds. The minimum Gasteiger partial charge on any atom is -0.350 e. The standard InChI is InChI=1S/C11H15N3O/c1-7(2)13-11(15)8-4-3-5-10-9(8)6-12-14-10/h4,6-7H,3,5H2,1-2H3,(H,12,14)(H,13,15). The molecule has 2 N–H and O–H groups in total. The lowest BCUT2D eigenvalue weighted by atomic mass is 9.96. The normalized spacial score (nSPS) is 14.7. The van der Waals surface area contributed by atoms with Crippen LogP contribution in [0.1, 0.15) is 31.5 Å². The Morgan fingerprint density at radius 3 is 3.13 bits per heavy atom. The third kappa shape index (κ3) is 1.93. The number of fused-ring (bicyclic) bond motifs is 1. The fraction of sp³-hybridized carbons (Fsp3) is 0.455. The topological polar surface area (TPSA) is 57.8 Å². The number of H-pyrrole nitrogens is 1. The molecule has 1 aromatic rings. The lowest BCUT2D eigenvalue weighted by Crippen LogP contribution is -2.31. The molecule has 0 saturated carbocycles. The SMILES string of the molecule is CC(C)NC(=O)C1=CCCc2[nH]ncc21. The van der Waals surface area contributed by atoms with Crippen molar-refractivity contribution in [3.05, 3.63) is 23.5 Å². The number of carbonyl (C=O) groups excluding carboxylic acids is 1. The molecule has 0 bridgehead atoms. The first-order valence-corrected chi connectivity index (χ1v) is 5.22. The maximum absolute atomic E-state index is 11.8. The lowest BCUT2D eigenvalue weighted by molar-refractivity contribution is -0.116. The summed E-state index contributed by atoms with van der Waals surface area (Å²) in [6.07, 6.45) is 5.54. The van der Waals surface area contributed by atoms with Gasteiger partial charge in [-0.15, -0.1) is 0 Å². The van der Waals surface area contributed by atoms with E-state index in [-0.39, 0.29) is 11.9 Å². The molecule has 1 heterocycles. The average Bonchev–Trinajstić information content (AvgIpc) is 2.63. The van der Waals surface area contributed by atoms with Crippen molar-refractivity contribution in [1.29, 1.82) is 0 Å². The number of aryl methyl sites for hydroxylation is 1. The van der Waals surface area contributed by atoms with Gasteiger partial charge in [0.2, 0.25) is 0 Å². The van der Waals surface area contributed by atoms with Crippen LogP contribution in [-0.2, 0) is 11.2 Å². The van der Waals surface area contributed by atoms with Crippen molar-refractivity contribution in [1.82, 2.24) is 15.5 Å². The highest BCUT2D eigenvalue weighted by molar-refractivity contribution is 6.20. The molecule has 0 aromatic carbocycles. The van der Waals surface area contributed by atoms with Gasteiger partial charge in [-0.25, -0.2) is 0 Å². The van der Waals surface area contributed by atoms with Gasteiger partial charge in [0.05, 0.1) is 6.20 Å². The predicted molar refractivity (Wildman–Crippen MR) is 58.2 cm³/mol. The van der Waals surface area contributed by atoms with Crippen LogP contribution in [0.2, 0.25) is 0 Å². The van der Waals surface area contributed by atoms with Crippen LogP contribution in [0.5, 0.6) is 0 Å². The molecular weight excluding hydrogens is 190 g/mol. The van der Waals surface area contributed by atoms with Crippen LogP contribution >= 0.6 is 0 Å². The average molecular weight is 205 g/mol. The molecule has 0 unspecified atom stereocenters. The van der Waals surface area contributed by atoms with Crippen molar-refractivity contribution >= 4 is 11.5 Å². The van der Waals surface area contributed by atoms with Gasteiger partial charge in [0.1, 0.15) is 0 Å². The second kappa shape index (κ2) is 3.88. The van der Waals surface area contributed by atoms with E-state index in [2.05, 4.69) is 15.5 Å². The van der Waals surface area contributed by atoms with Gasteiger partial charge < -0.3 is 5.32 Å². The first kappa shape index (κ1) is 9.96. The Balaban J connectivity index is 2.23. The third-order valence-corrected chi connectivity index (χ3v) is 2.42. The zero-order chi connectivity index (χ0) is 10.8. The smallest absolute Gasteiger partial charge is 0.251 e. The fourth-order valence-corrected chi connectivity index (χ4v) is 1.76. The number of rotatable bonds is 2. The lowest BCUT2D eigenvalue weighted by Gasteiger charge is -2.14. The monoisotopic (exact) mass is 205 g/mol. The second-order valence-corrected chi connectivity index (χ2v) is 4.05. The molecule has 1 aliphatic rings. The molecular formula is C11H15N3O. The van der Waals surface area contributed by atoms with Gasteiger partial charge in [0.15, 0.2) is 0 Å². The highest BCUT2D eigenvalue weighted by Gasteiger charge is 2.20. The number of nitrogens with zero attached hydrogens (tertiary/aromatic N) is 1. The van der Waals surface area contributed by atoms with E-state index < -0.39 is 0 Å². The van der Waals surface area contributed by atoms with E-state index in [0.29, 0.717) is 0 Å². The molecule has 0 spiro atoms. The first-order valence-electron chi connectivity index (χ1n) is 5.22. The van der Waals surface area contributed by atoms with E-state index in [0.717, 1.165) is 29.7 Å². The summed E-state index contributed by atoms with van der Waals surface area (Å²) in [4.78, 5) is 11.8. The minimum atomic E-state index is -0.00708. The number of aromatic nitrogens is 2. The van der Waals surface area contributed by atoms with Crippen molar-refractivity contribution in [2.45, 2.75) is 32.7 Å². The van der Waals surface area contributed by atoms with E-state index >= 15 is 0 Å². The summed E-state index contributed by atoms with van der Waals surface area (Å²) >= 11 is 0. The zero-order valence-electron chi connectivity index (χ0n) is 9.00. The Labute approximate surface area is 88.8 Å². The van der Waals surface area contributed by atoms with Crippen molar-refractivity contribution in [2.24, 2.45) is 0 Å². The van der Waals surface area contributed by atoms with E-state index in [1.54, 1.807) is 6.20 Å². The minimum absolute atomic E-state index is 0.00708. The third-order valence-electron chi connectivity index (χ3n) is 2.42. The van der Waals surface area contributed by atoms with Crippen LogP contribution in [0.25, 0.3) is 5.57 Å². The van der Waals surface area contributed by atoms with Crippen LogP contribution in [-0.4, -0.2) is 22.1 Å². The highest BCUT2D eigenvalue weighted by atomic mass is 16.1. The Hall–Kier alpha value is -1.58. The van der Waals surface area contributed by atoms with E-state index in [4.69, 9.17) is 0 Å². The molecule has 80 valence electrons. The molecule has 4 nitrogen and oxygen atoms in total.